The maximum atomic E-state index is 9.58. The predicted molar refractivity (Wildman–Crippen MR) is 43.8 cm³/mol. The van der Waals surface area contributed by atoms with Crippen molar-refractivity contribution in [3.05, 3.63) is 0 Å². The van der Waals surface area contributed by atoms with E-state index in [4.69, 9.17) is 4.74 Å². The summed E-state index contributed by atoms with van der Waals surface area (Å²) in [6, 6.07) is 0.304. The fourth-order valence-corrected chi connectivity index (χ4v) is 2.59. The number of aliphatic hydroxyl groups excluding tert-OH is 1. The lowest BCUT2D eigenvalue weighted by Gasteiger charge is -2.26. The topological polar surface area (TPSA) is 32.7 Å². The lowest BCUT2D eigenvalue weighted by Crippen LogP contribution is -2.42. The molecule has 1 aliphatic carbocycles. The molecule has 0 radical (unpaired) electrons. The average molecular weight is 169 g/mol. The summed E-state index contributed by atoms with van der Waals surface area (Å²) in [5.41, 5.74) is 0. The first kappa shape index (κ1) is 7.30. The van der Waals surface area contributed by atoms with E-state index < -0.39 is 0 Å². The van der Waals surface area contributed by atoms with Crippen LogP contribution in [0.1, 0.15) is 6.42 Å². The molecule has 0 amide bonds. The predicted octanol–water partition coefficient (Wildman–Crippen LogP) is -0.302. The highest BCUT2D eigenvalue weighted by molar-refractivity contribution is 5.00. The number of rotatable bonds is 1. The van der Waals surface area contributed by atoms with Gasteiger partial charge in [-0.05, 0) is 18.3 Å². The fraction of sp³-hybridized carbons (Fsp3) is 1.00. The van der Waals surface area contributed by atoms with Crippen LogP contribution in [0.25, 0.3) is 0 Å². The summed E-state index contributed by atoms with van der Waals surface area (Å²) in [6.45, 7) is 3.68. The minimum absolute atomic E-state index is 0.234. The Hall–Kier alpha value is -0.120. The molecule has 3 rings (SSSR count). The molecule has 12 heavy (non-hydrogen) atoms. The van der Waals surface area contributed by atoms with Crippen LogP contribution in [0.15, 0.2) is 0 Å². The maximum Gasteiger partial charge on any atom is 0.0950 e. The van der Waals surface area contributed by atoms with Crippen molar-refractivity contribution >= 4 is 0 Å². The maximum absolute atomic E-state index is 9.58. The normalized spacial score (nSPS) is 52.8. The first-order valence-corrected chi connectivity index (χ1v) is 4.84. The van der Waals surface area contributed by atoms with E-state index in [2.05, 4.69) is 4.90 Å². The van der Waals surface area contributed by atoms with Crippen molar-refractivity contribution in [2.45, 2.75) is 18.6 Å². The molecule has 0 bridgehead atoms. The van der Waals surface area contributed by atoms with E-state index in [0.717, 1.165) is 18.4 Å². The molecule has 4 atom stereocenters. The lowest BCUT2D eigenvalue weighted by atomic mass is 10.2. The Morgan fingerprint density at radius 2 is 1.92 bits per heavy atom. The molecule has 4 unspecified atom stereocenters. The number of piperidine rings is 1. The number of nitrogens with zero attached hydrogens (tertiary/aromatic N) is 1. The first-order chi connectivity index (χ1) is 5.84. The summed E-state index contributed by atoms with van der Waals surface area (Å²) >= 11 is 0. The van der Waals surface area contributed by atoms with Crippen molar-refractivity contribution in [2.24, 2.45) is 11.8 Å². The fourth-order valence-electron chi connectivity index (χ4n) is 2.59. The van der Waals surface area contributed by atoms with Gasteiger partial charge in [0.05, 0.1) is 25.4 Å². The summed E-state index contributed by atoms with van der Waals surface area (Å²) in [7, 11) is 0. The zero-order chi connectivity index (χ0) is 8.13. The number of fused-ring (bicyclic) bond motifs is 1. The molecule has 0 aromatic carbocycles. The van der Waals surface area contributed by atoms with E-state index in [1.54, 1.807) is 0 Å². The SMILES string of the molecule is OC1COCC1N1CC2CC2C1. The molecule has 3 nitrogen and oxygen atoms in total. The van der Waals surface area contributed by atoms with Gasteiger partial charge in [0.2, 0.25) is 0 Å². The molecule has 2 aliphatic heterocycles. The van der Waals surface area contributed by atoms with E-state index >= 15 is 0 Å². The molecule has 2 heterocycles. The third-order valence-electron chi connectivity index (χ3n) is 3.50. The van der Waals surface area contributed by atoms with Crippen LogP contribution in [0.3, 0.4) is 0 Å². The van der Waals surface area contributed by atoms with Crippen LogP contribution >= 0.6 is 0 Å². The molecule has 0 spiro atoms. The smallest absolute Gasteiger partial charge is 0.0950 e. The molecule has 3 aliphatic rings. The number of ether oxygens (including phenoxy) is 1. The van der Waals surface area contributed by atoms with E-state index in [-0.39, 0.29) is 6.10 Å². The minimum atomic E-state index is -0.234. The van der Waals surface area contributed by atoms with Gasteiger partial charge in [-0.3, -0.25) is 4.90 Å². The van der Waals surface area contributed by atoms with Gasteiger partial charge in [0, 0.05) is 13.1 Å². The van der Waals surface area contributed by atoms with Crippen molar-refractivity contribution in [1.29, 1.82) is 0 Å². The molecule has 68 valence electrons. The Balaban J connectivity index is 1.65. The van der Waals surface area contributed by atoms with Gasteiger partial charge >= 0.3 is 0 Å². The van der Waals surface area contributed by atoms with Crippen LogP contribution in [0.5, 0.6) is 0 Å². The molecular weight excluding hydrogens is 154 g/mol. The summed E-state index contributed by atoms with van der Waals surface area (Å²) < 4.78 is 5.24. The van der Waals surface area contributed by atoms with Crippen LogP contribution in [-0.2, 0) is 4.74 Å². The van der Waals surface area contributed by atoms with Crippen molar-refractivity contribution in [1.82, 2.24) is 4.90 Å². The Morgan fingerprint density at radius 3 is 2.50 bits per heavy atom. The molecular formula is C9H15NO2. The lowest BCUT2D eigenvalue weighted by molar-refractivity contribution is 0.0890. The largest absolute Gasteiger partial charge is 0.389 e. The number of likely N-dealkylation sites (tertiary alicyclic amines) is 1. The van der Waals surface area contributed by atoms with E-state index in [1.807, 2.05) is 0 Å². The van der Waals surface area contributed by atoms with Gasteiger partial charge in [-0.1, -0.05) is 0 Å². The van der Waals surface area contributed by atoms with Crippen LogP contribution < -0.4 is 0 Å². The quantitative estimate of drug-likeness (QED) is 0.585. The number of hydrogen-bond acceptors (Lipinski definition) is 3. The molecule has 1 N–H and O–H groups in total. The summed E-state index contributed by atoms with van der Waals surface area (Å²) in [5, 5.41) is 9.58. The Morgan fingerprint density at radius 1 is 1.17 bits per heavy atom. The van der Waals surface area contributed by atoms with Crippen LogP contribution in [0, 0.1) is 11.8 Å². The molecule has 2 saturated heterocycles. The molecule has 3 fully saturated rings. The zero-order valence-corrected chi connectivity index (χ0v) is 7.15. The van der Waals surface area contributed by atoms with Gasteiger partial charge in [0.25, 0.3) is 0 Å². The first-order valence-electron chi connectivity index (χ1n) is 4.84. The molecule has 3 heteroatoms. The van der Waals surface area contributed by atoms with Gasteiger partial charge in [-0.15, -0.1) is 0 Å². The van der Waals surface area contributed by atoms with E-state index in [0.29, 0.717) is 12.6 Å². The summed E-state index contributed by atoms with van der Waals surface area (Å²) in [5.74, 6) is 1.91. The molecule has 0 aromatic heterocycles. The Labute approximate surface area is 72.3 Å². The van der Waals surface area contributed by atoms with E-state index in [9.17, 15) is 5.11 Å². The number of hydrogen-bond donors (Lipinski definition) is 1. The second-order valence-electron chi connectivity index (χ2n) is 4.38. The Bertz CT molecular complexity index is 187. The highest BCUT2D eigenvalue weighted by atomic mass is 16.5. The third-order valence-corrected chi connectivity index (χ3v) is 3.50. The zero-order valence-electron chi connectivity index (χ0n) is 7.15. The van der Waals surface area contributed by atoms with Crippen LogP contribution in [0.2, 0.25) is 0 Å². The van der Waals surface area contributed by atoms with Gasteiger partial charge in [0.1, 0.15) is 0 Å². The van der Waals surface area contributed by atoms with Gasteiger partial charge < -0.3 is 9.84 Å². The molecule has 1 saturated carbocycles. The van der Waals surface area contributed by atoms with Gasteiger partial charge in [0.15, 0.2) is 0 Å². The minimum Gasteiger partial charge on any atom is -0.389 e. The summed E-state index contributed by atoms with van der Waals surface area (Å²) in [4.78, 5) is 2.41. The average Bonchev–Trinajstić information content (AvgIpc) is 2.51. The summed E-state index contributed by atoms with van der Waals surface area (Å²) in [6.07, 6.45) is 1.20. The third kappa shape index (κ3) is 1.00. The van der Waals surface area contributed by atoms with Crippen molar-refractivity contribution in [2.75, 3.05) is 26.3 Å². The van der Waals surface area contributed by atoms with Crippen molar-refractivity contribution < 1.29 is 9.84 Å². The van der Waals surface area contributed by atoms with Crippen LogP contribution in [-0.4, -0.2) is 48.5 Å². The van der Waals surface area contributed by atoms with Crippen molar-refractivity contribution in [3.63, 3.8) is 0 Å². The van der Waals surface area contributed by atoms with Gasteiger partial charge in [-0.2, -0.15) is 0 Å². The monoisotopic (exact) mass is 169 g/mol. The van der Waals surface area contributed by atoms with E-state index in [1.165, 1.54) is 19.5 Å². The van der Waals surface area contributed by atoms with Gasteiger partial charge in [-0.25, -0.2) is 0 Å². The highest BCUT2D eigenvalue weighted by Gasteiger charge is 2.48. The molecule has 0 aromatic rings. The number of aliphatic hydroxyl groups is 1. The standard InChI is InChI=1S/C9H15NO2/c11-9-5-12-4-8(9)10-2-6-1-7(6)3-10/h6-9,11H,1-5H2. The van der Waals surface area contributed by atoms with Crippen molar-refractivity contribution in [3.8, 4) is 0 Å². The Kier molecular flexibility index (Phi) is 1.48. The second kappa shape index (κ2) is 2.44. The van der Waals surface area contributed by atoms with Crippen LogP contribution in [0.4, 0.5) is 0 Å². The highest BCUT2D eigenvalue weighted by Crippen LogP contribution is 2.46. The second-order valence-corrected chi connectivity index (χ2v) is 4.38.